The number of hydrogen-bond acceptors (Lipinski definition) is 4. The van der Waals surface area contributed by atoms with Crippen molar-refractivity contribution < 1.29 is 8.42 Å². The number of hydrogen-bond donors (Lipinski definition) is 1. The van der Waals surface area contributed by atoms with E-state index in [4.69, 9.17) is 0 Å². The minimum atomic E-state index is -2.77. The van der Waals surface area contributed by atoms with Gasteiger partial charge in [-0.2, -0.15) is 0 Å². The molecule has 1 aliphatic rings. The molecule has 1 N–H and O–H groups in total. The second-order valence-electron chi connectivity index (χ2n) is 4.81. The highest BCUT2D eigenvalue weighted by atomic mass is 32.2. The van der Waals surface area contributed by atoms with Crippen LogP contribution >= 0.6 is 0 Å². The van der Waals surface area contributed by atoms with Gasteiger partial charge in [-0.3, -0.25) is 0 Å². The lowest BCUT2D eigenvalue weighted by atomic mass is 10.2. The third-order valence-electron chi connectivity index (χ3n) is 3.31. The molecule has 2 rings (SSSR count). The van der Waals surface area contributed by atoms with Gasteiger partial charge in [-0.25, -0.2) is 8.42 Å². The molecule has 1 unspecified atom stereocenters. The van der Waals surface area contributed by atoms with Crippen LogP contribution < -0.4 is 10.2 Å². The fraction of sp³-hybridized carbons (Fsp3) is 0.538. The second-order valence-corrected chi connectivity index (χ2v) is 7.04. The molecule has 18 heavy (non-hydrogen) atoms. The lowest BCUT2D eigenvalue weighted by molar-refractivity contribution is 0.557. The maximum atomic E-state index is 11.3. The Balaban J connectivity index is 1.73. The molecule has 0 radical (unpaired) electrons. The zero-order valence-corrected chi connectivity index (χ0v) is 11.5. The molecule has 4 nitrogen and oxygen atoms in total. The van der Waals surface area contributed by atoms with Gasteiger partial charge in [0.2, 0.25) is 0 Å². The summed E-state index contributed by atoms with van der Waals surface area (Å²) in [6, 6.07) is 10.3. The Kier molecular flexibility index (Phi) is 4.24. The molecule has 0 aliphatic carbocycles. The highest BCUT2D eigenvalue weighted by Crippen LogP contribution is 2.12. The van der Waals surface area contributed by atoms with Gasteiger partial charge in [-0.15, -0.1) is 0 Å². The first-order chi connectivity index (χ1) is 8.57. The van der Waals surface area contributed by atoms with Gasteiger partial charge < -0.3 is 10.2 Å². The molecule has 1 saturated heterocycles. The molecule has 100 valence electrons. The summed E-state index contributed by atoms with van der Waals surface area (Å²) in [6.45, 7) is 1.69. The van der Waals surface area contributed by atoms with E-state index in [0.717, 1.165) is 19.5 Å². The van der Waals surface area contributed by atoms with Crippen molar-refractivity contribution in [1.29, 1.82) is 0 Å². The summed E-state index contributed by atoms with van der Waals surface area (Å²) >= 11 is 0. The maximum Gasteiger partial charge on any atom is 0.151 e. The van der Waals surface area contributed by atoms with Gasteiger partial charge in [-0.05, 0) is 18.6 Å². The van der Waals surface area contributed by atoms with Gasteiger partial charge in [0.15, 0.2) is 9.84 Å². The average molecular weight is 268 g/mol. The number of nitrogens with zero attached hydrogens (tertiary/aromatic N) is 1. The van der Waals surface area contributed by atoms with Crippen LogP contribution in [0.4, 0.5) is 5.69 Å². The van der Waals surface area contributed by atoms with E-state index in [1.165, 1.54) is 5.69 Å². The van der Waals surface area contributed by atoms with Crippen LogP contribution in [0.1, 0.15) is 6.42 Å². The summed E-state index contributed by atoms with van der Waals surface area (Å²) in [7, 11) is -0.730. The number of rotatable bonds is 5. The molecule has 5 heteroatoms. The Bertz CT molecular complexity index is 473. The standard InChI is InChI=1S/C13H20N2O2S/c1-15(13-5-3-2-4-6-13)9-8-14-12-7-10-18(16,17)11-12/h2-6,12,14H,7-11H2,1H3. The predicted octanol–water partition coefficient (Wildman–Crippen LogP) is 0.899. The third kappa shape index (κ3) is 3.71. The van der Waals surface area contributed by atoms with E-state index in [1.807, 2.05) is 25.2 Å². The monoisotopic (exact) mass is 268 g/mol. The quantitative estimate of drug-likeness (QED) is 0.862. The zero-order valence-electron chi connectivity index (χ0n) is 10.7. The first-order valence-electron chi connectivity index (χ1n) is 6.27. The summed E-state index contributed by atoms with van der Waals surface area (Å²) in [5.74, 6) is 0.626. The number of benzene rings is 1. The number of likely N-dealkylation sites (N-methyl/N-ethyl adjacent to an activating group) is 1. The average Bonchev–Trinajstić information content (AvgIpc) is 2.70. The van der Waals surface area contributed by atoms with Crippen molar-refractivity contribution in [2.75, 3.05) is 36.5 Å². The van der Waals surface area contributed by atoms with Gasteiger partial charge in [0, 0.05) is 31.9 Å². The lowest BCUT2D eigenvalue weighted by Gasteiger charge is -2.20. The number of nitrogens with one attached hydrogen (secondary N) is 1. The molecule has 1 heterocycles. The summed E-state index contributed by atoms with van der Waals surface area (Å²) < 4.78 is 22.6. The lowest BCUT2D eigenvalue weighted by Crippen LogP contribution is -2.36. The van der Waals surface area contributed by atoms with Gasteiger partial charge >= 0.3 is 0 Å². The summed E-state index contributed by atoms with van der Waals surface area (Å²) in [5.41, 5.74) is 1.18. The Labute approximate surface area is 109 Å². The van der Waals surface area contributed by atoms with E-state index in [0.29, 0.717) is 11.5 Å². The van der Waals surface area contributed by atoms with Crippen LogP contribution in [0, 0.1) is 0 Å². The van der Waals surface area contributed by atoms with E-state index < -0.39 is 9.84 Å². The highest BCUT2D eigenvalue weighted by molar-refractivity contribution is 7.91. The molecular formula is C13H20N2O2S. The smallest absolute Gasteiger partial charge is 0.151 e. The summed E-state index contributed by atoms with van der Waals surface area (Å²) in [4.78, 5) is 2.16. The van der Waals surface area contributed by atoms with Crippen LogP contribution in [0.3, 0.4) is 0 Å². The fourth-order valence-corrected chi connectivity index (χ4v) is 3.91. The van der Waals surface area contributed by atoms with Crippen LogP contribution in [0.2, 0.25) is 0 Å². The van der Waals surface area contributed by atoms with E-state index in [1.54, 1.807) is 0 Å². The van der Waals surface area contributed by atoms with E-state index in [2.05, 4.69) is 22.3 Å². The third-order valence-corrected chi connectivity index (χ3v) is 5.08. The molecule has 1 aliphatic heterocycles. The predicted molar refractivity (Wildman–Crippen MR) is 74.8 cm³/mol. The molecule has 1 aromatic carbocycles. The fourth-order valence-electron chi connectivity index (χ4n) is 2.20. The molecule has 0 bridgehead atoms. The summed E-state index contributed by atoms with van der Waals surface area (Å²) in [6.07, 6.45) is 0.747. The van der Waals surface area contributed by atoms with Gasteiger partial charge in [0.05, 0.1) is 11.5 Å². The van der Waals surface area contributed by atoms with E-state index in [9.17, 15) is 8.42 Å². The number of para-hydroxylation sites is 1. The van der Waals surface area contributed by atoms with Gasteiger partial charge in [0.25, 0.3) is 0 Å². The van der Waals surface area contributed by atoms with E-state index in [-0.39, 0.29) is 6.04 Å². The van der Waals surface area contributed by atoms with Crippen LogP contribution in [-0.4, -0.2) is 46.1 Å². The molecule has 0 saturated carbocycles. The first kappa shape index (κ1) is 13.4. The van der Waals surface area contributed by atoms with Crippen molar-refractivity contribution in [3.63, 3.8) is 0 Å². The van der Waals surface area contributed by atoms with Gasteiger partial charge in [-0.1, -0.05) is 18.2 Å². The minimum absolute atomic E-state index is 0.138. The van der Waals surface area contributed by atoms with Crippen molar-refractivity contribution in [1.82, 2.24) is 5.32 Å². The van der Waals surface area contributed by atoms with Crippen LogP contribution in [0.25, 0.3) is 0 Å². The molecule has 0 aromatic heterocycles. The molecule has 1 aromatic rings. The number of sulfone groups is 1. The molecule has 0 spiro atoms. The van der Waals surface area contributed by atoms with Crippen molar-refractivity contribution in [2.45, 2.75) is 12.5 Å². The Hall–Kier alpha value is -1.07. The molecular weight excluding hydrogens is 248 g/mol. The van der Waals surface area contributed by atoms with E-state index >= 15 is 0 Å². The molecule has 0 amide bonds. The van der Waals surface area contributed by atoms with Gasteiger partial charge in [0.1, 0.15) is 0 Å². The summed E-state index contributed by atoms with van der Waals surface area (Å²) in [5, 5.41) is 3.32. The van der Waals surface area contributed by atoms with Crippen molar-refractivity contribution >= 4 is 15.5 Å². The van der Waals surface area contributed by atoms with Crippen LogP contribution in [-0.2, 0) is 9.84 Å². The molecule has 1 fully saturated rings. The number of anilines is 1. The minimum Gasteiger partial charge on any atom is -0.373 e. The van der Waals surface area contributed by atoms with Crippen molar-refractivity contribution in [3.05, 3.63) is 30.3 Å². The topological polar surface area (TPSA) is 49.4 Å². The van der Waals surface area contributed by atoms with Crippen molar-refractivity contribution in [2.24, 2.45) is 0 Å². The first-order valence-corrected chi connectivity index (χ1v) is 8.09. The van der Waals surface area contributed by atoms with Crippen molar-refractivity contribution in [3.8, 4) is 0 Å². The molecule has 1 atom stereocenters. The second kappa shape index (κ2) is 5.71. The zero-order chi connectivity index (χ0) is 13.0. The Morgan fingerprint density at radius 1 is 1.33 bits per heavy atom. The Morgan fingerprint density at radius 3 is 2.67 bits per heavy atom. The SMILES string of the molecule is CN(CCNC1CCS(=O)(=O)C1)c1ccccc1. The normalized spacial score (nSPS) is 21.9. The van der Waals surface area contributed by atoms with Crippen LogP contribution in [0.5, 0.6) is 0 Å². The Morgan fingerprint density at radius 2 is 2.06 bits per heavy atom. The maximum absolute atomic E-state index is 11.3. The highest BCUT2D eigenvalue weighted by Gasteiger charge is 2.27. The largest absolute Gasteiger partial charge is 0.373 e. The van der Waals surface area contributed by atoms with Crippen LogP contribution in [0.15, 0.2) is 30.3 Å².